The maximum Gasteiger partial charge on any atom is 0.335 e. The van der Waals surface area contributed by atoms with E-state index in [4.69, 9.17) is 18.3 Å². The first-order chi connectivity index (χ1) is 14.4. The van der Waals surface area contributed by atoms with Crippen molar-refractivity contribution in [2.45, 2.75) is 77.8 Å². The van der Waals surface area contributed by atoms with E-state index >= 15 is 0 Å². The van der Waals surface area contributed by atoms with Gasteiger partial charge in [0.25, 0.3) is 0 Å². The third-order valence-electron chi connectivity index (χ3n) is 7.91. The molecular weight excluding hydrogens is 440 g/mol. The Hall–Kier alpha value is -1.39. The van der Waals surface area contributed by atoms with Gasteiger partial charge in [-0.3, -0.25) is 0 Å². The standard InChI is InChI=1S/C24H42O6Si2/c1-23(2,3)31(9,10)29-14-16-15-13-17(30-32(11,12)24(4,5)6)18(16)20(22(26)28-8)19(15)21(25)27-7/h13,15-16,18H,14H2,1-12H3/t15-,16+,18-/m0/s1. The predicted octanol–water partition coefficient (Wildman–Crippen LogP) is 5.43. The molecule has 6 nitrogen and oxygen atoms in total. The monoisotopic (exact) mass is 482 g/mol. The SMILES string of the molecule is COC(=O)C1=C(C(=O)OC)[C@H]2C=C(O[Si](C)(C)C(C)(C)C)[C@@H]1[C@@H]2CO[Si](C)(C)C(C)(C)C. The number of hydrogen-bond donors (Lipinski definition) is 0. The van der Waals surface area contributed by atoms with Gasteiger partial charge in [-0.2, -0.15) is 0 Å². The first-order valence-corrected chi connectivity index (χ1v) is 17.2. The third-order valence-corrected chi connectivity index (χ3v) is 16.8. The zero-order chi connectivity index (χ0) is 24.9. The van der Waals surface area contributed by atoms with Gasteiger partial charge in [-0.05, 0) is 42.3 Å². The van der Waals surface area contributed by atoms with Crippen molar-refractivity contribution in [1.82, 2.24) is 0 Å². The topological polar surface area (TPSA) is 71.1 Å². The Kier molecular flexibility index (Phi) is 7.35. The number of ether oxygens (including phenoxy) is 2. The summed E-state index contributed by atoms with van der Waals surface area (Å²) >= 11 is 0. The zero-order valence-electron chi connectivity index (χ0n) is 22.0. The lowest BCUT2D eigenvalue weighted by molar-refractivity contribution is -0.139. The lowest BCUT2D eigenvalue weighted by Crippen LogP contribution is -2.43. The number of hydrogen-bond acceptors (Lipinski definition) is 6. The van der Waals surface area contributed by atoms with Crippen molar-refractivity contribution < 1.29 is 27.9 Å². The maximum atomic E-state index is 12.9. The van der Waals surface area contributed by atoms with E-state index in [-0.39, 0.29) is 27.8 Å². The van der Waals surface area contributed by atoms with Crippen LogP contribution in [0.3, 0.4) is 0 Å². The molecule has 0 heterocycles. The second-order valence-electron chi connectivity index (χ2n) is 12.0. The fourth-order valence-corrected chi connectivity index (χ4v) is 5.93. The highest BCUT2D eigenvalue weighted by Crippen LogP contribution is 2.55. The number of esters is 2. The number of rotatable bonds is 7. The van der Waals surface area contributed by atoms with Crippen LogP contribution in [0.25, 0.3) is 0 Å². The van der Waals surface area contributed by atoms with Crippen LogP contribution in [0.1, 0.15) is 41.5 Å². The van der Waals surface area contributed by atoms with Crippen LogP contribution in [0.15, 0.2) is 23.0 Å². The van der Waals surface area contributed by atoms with E-state index in [1.807, 2.05) is 6.08 Å². The molecular formula is C24H42O6Si2. The fourth-order valence-electron chi connectivity index (χ4n) is 3.79. The Labute approximate surface area is 196 Å². The molecule has 0 aromatic carbocycles. The Morgan fingerprint density at radius 2 is 1.31 bits per heavy atom. The number of fused-ring (bicyclic) bond motifs is 2. The third kappa shape index (κ3) is 4.77. The van der Waals surface area contributed by atoms with Gasteiger partial charge in [0.05, 0.1) is 37.0 Å². The minimum absolute atomic E-state index is 0.00311. The summed E-state index contributed by atoms with van der Waals surface area (Å²) in [4.78, 5) is 25.6. The van der Waals surface area contributed by atoms with Crippen LogP contribution >= 0.6 is 0 Å². The largest absolute Gasteiger partial charge is 0.546 e. The Balaban J connectivity index is 2.48. The Morgan fingerprint density at radius 1 is 0.844 bits per heavy atom. The summed E-state index contributed by atoms with van der Waals surface area (Å²) < 4.78 is 23.4. The van der Waals surface area contributed by atoms with Crippen molar-refractivity contribution in [3.05, 3.63) is 23.0 Å². The van der Waals surface area contributed by atoms with E-state index in [9.17, 15) is 9.59 Å². The van der Waals surface area contributed by atoms with E-state index in [0.29, 0.717) is 17.8 Å². The van der Waals surface area contributed by atoms with Gasteiger partial charge in [-0.25, -0.2) is 9.59 Å². The highest BCUT2D eigenvalue weighted by atomic mass is 28.4. The minimum atomic E-state index is -2.15. The summed E-state index contributed by atoms with van der Waals surface area (Å²) in [5.41, 5.74) is 0.750. The number of methoxy groups -OCH3 is 2. The highest BCUT2D eigenvalue weighted by molar-refractivity contribution is 6.74. The normalized spacial score (nSPS) is 23.9. The van der Waals surface area contributed by atoms with Gasteiger partial charge in [-0.1, -0.05) is 41.5 Å². The molecule has 0 aromatic heterocycles. The van der Waals surface area contributed by atoms with Crippen LogP contribution in [-0.4, -0.2) is 49.4 Å². The van der Waals surface area contributed by atoms with E-state index in [2.05, 4.69) is 67.7 Å². The van der Waals surface area contributed by atoms with Crippen LogP contribution in [0.4, 0.5) is 0 Å². The summed E-state index contributed by atoms with van der Waals surface area (Å²) in [6, 6.07) is 0. The molecule has 0 aromatic rings. The van der Waals surface area contributed by atoms with Crippen LogP contribution < -0.4 is 0 Å². The number of allylic oxidation sites excluding steroid dienone is 2. The highest BCUT2D eigenvalue weighted by Gasteiger charge is 2.56. The lowest BCUT2D eigenvalue weighted by atomic mass is 9.92. The van der Waals surface area contributed by atoms with Crippen LogP contribution in [-0.2, 0) is 27.9 Å². The second kappa shape index (κ2) is 8.76. The predicted molar refractivity (Wildman–Crippen MR) is 131 cm³/mol. The molecule has 2 rings (SSSR count). The fraction of sp³-hybridized carbons (Fsp3) is 0.750. The summed E-state index contributed by atoms with van der Waals surface area (Å²) in [7, 11) is -1.49. The molecule has 0 N–H and O–H groups in total. The van der Waals surface area contributed by atoms with Crippen molar-refractivity contribution >= 4 is 28.6 Å². The van der Waals surface area contributed by atoms with Crippen molar-refractivity contribution in [2.24, 2.45) is 17.8 Å². The molecule has 0 aliphatic heterocycles. The van der Waals surface area contributed by atoms with E-state index in [0.717, 1.165) is 5.76 Å². The molecule has 0 spiro atoms. The van der Waals surface area contributed by atoms with Crippen LogP contribution in [0.5, 0.6) is 0 Å². The minimum Gasteiger partial charge on any atom is -0.546 e. The van der Waals surface area contributed by atoms with E-state index in [1.54, 1.807) is 0 Å². The molecule has 32 heavy (non-hydrogen) atoms. The average Bonchev–Trinajstić information content (AvgIpc) is 3.14. The molecule has 0 saturated carbocycles. The number of carbonyl (C=O) groups is 2. The van der Waals surface area contributed by atoms with Crippen LogP contribution in [0, 0.1) is 17.8 Å². The van der Waals surface area contributed by atoms with Gasteiger partial charge in [0.1, 0.15) is 0 Å². The van der Waals surface area contributed by atoms with Crippen molar-refractivity contribution in [3.8, 4) is 0 Å². The molecule has 0 radical (unpaired) electrons. The molecule has 182 valence electrons. The van der Waals surface area contributed by atoms with Gasteiger partial charge in [0.2, 0.25) is 8.32 Å². The average molecular weight is 483 g/mol. The van der Waals surface area contributed by atoms with Crippen molar-refractivity contribution in [3.63, 3.8) is 0 Å². The summed E-state index contributed by atoms with van der Waals surface area (Å²) in [5, 5.41) is 0.0610. The summed E-state index contributed by atoms with van der Waals surface area (Å²) in [5.74, 6) is -0.949. The molecule has 0 amide bonds. The van der Waals surface area contributed by atoms with Gasteiger partial charge < -0.3 is 18.3 Å². The molecule has 8 heteroatoms. The first kappa shape index (κ1) is 26.9. The second-order valence-corrected chi connectivity index (χ2v) is 21.5. The smallest absolute Gasteiger partial charge is 0.335 e. The Morgan fingerprint density at radius 3 is 1.75 bits per heavy atom. The molecule has 2 aliphatic carbocycles. The quantitative estimate of drug-likeness (QED) is 0.356. The molecule has 0 unspecified atom stereocenters. The molecule has 2 bridgehead atoms. The first-order valence-electron chi connectivity index (χ1n) is 11.3. The lowest BCUT2D eigenvalue weighted by Gasteiger charge is -2.39. The number of carbonyl (C=O) groups excluding carboxylic acids is 2. The van der Waals surface area contributed by atoms with E-state index in [1.165, 1.54) is 14.2 Å². The van der Waals surface area contributed by atoms with E-state index < -0.39 is 28.6 Å². The Bertz CT molecular complexity index is 826. The van der Waals surface area contributed by atoms with Crippen molar-refractivity contribution in [1.29, 1.82) is 0 Å². The molecule has 2 aliphatic rings. The van der Waals surface area contributed by atoms with Crippen molar-refractivity contribution in [2.75, 3.05) is 20.8 Å². The molecule has 3 atom stereocenters. The summed E-state index contributed by atoms with van der Waals surface area (Å²) in [6.07, 6.45) is 2.02. The van der Waals surface area contributed by atoms with Gasteiger partial charge in [-0.15, -0.1) is 0 Å². The maximum absolute atomic E-state index is 12.9. The zero-order valence-corrected chi connectivity index (χ0v) is 24.0. The molecule has 0 saturated heterocycles. The van der Waals surface area contributed by atoms with Gasteiger partial charge in [0.15, 0.2) is 8.32 Å². The van der Waals surface area contributed by atoms with Gasteiger partial charge >= 0.3 is 11.9 Å². The molecule has 0 fully saturated rings. The van der Waals surface area contributed by atoms with Gasteiger partial charge in [0, 0.05) is 18.4 Å². The summed E-state index contributed by atoms with van der Waals surface area (Å²) in [6.45, 7) is 22.4. The van der Waals surface area contributed by atoms with Crippen LogP contribution in [0.2, 0.25) is 36.3 Å².